The fourth-order valence-electron chi connectivity index (χ4n) is 6.25. The lowest BCUT2D eigenvalue weighted by molar-refractivity contribution is -0.158. The van der Waals surface area contributed by atoms with Gasteiger partial charge in [-0.25, -0.2) is 0 Å². The lowest BCUT2D eigenvalue weighted by Crippen LogP contribution is -2.62. The molecule has 14 heteroatoms. The van der Waals surface area contributed by atoms with Crippen LogP contribution in [0, 0.1) is 23.2 Å². The Morgan fingerprint density at radius 2 is 1.54 bits per heavy atom. The number of hydrogen-bond acceptors (Lipinski definition) is 9. The van der Waals surface area contributed by atoms with E-state index in [0.717, 1.165) is 19.3 Å². The Labute approximate surface area is 285 Å². The number of cyclic esters (lactones) is 1. The molecule has 1 aliphatic carbocycles. The van der Waals surface area contributed by atoms with Crippen molar-refractivity contribution in [2.75, 3.05) is 20.1 Å². The van der Waals surface area contributed by atoms with Crippen LogP contribution in [-0.2, 0) is 33.5 Å². The van der Waals surface area contributed by atoms with E-state index in [9.17, 15) is 33.9 Å². The number of nitrogens with zero attached hydrogens (tertiary/aromatic N) is 1. The van der Waals surface area contributed by atoms with Gasteiger partial charge in [-0.2, -0.15) is 0 Å². The van der Waals surface area contributed by atoms with Crippen LogP contribution < -0.4 is 27.0 Å². The number of hydrogen-bond donors (Lipinski definition) is 6. The zero-order valence-electron chi connectivity index (χ0n) is 30.1. The highest BCUT2D eigenvalue weighted by Gasteiger charge is 2.39. The molecule has 0 aromatic heterocycles. The van der Waals surface area contributed by atoms with Crippen molar-refractivity contribution in [3.05, 3.63) is 0 Å². The number of carbonyl (C=O) groups is 6. The molecule has 7 atom stereocenters. The predicted molar refractivity (Wildman–Crippen MR) is 180 cm³/mol. The van der Waals surface area contributed by atoms with Crippen molar-refractivity contribution in [3.8, 4) is 0 Å². The Bertz CT molecular complexity index is 1130. The Morgan fingerprint density at radius 1 is 0.917 bits per heavy atom. The molecule has 0 bridgehead atoms. The first-order valence-corrected chi connectivity index (χ1v) is 17.4. The lowest BCUT2D eigenvalue weighted by atomic mass is 9.83. The monoisotopic (exact) mass is 680 g/mol. The molecule has 0 aromatic rings. The molecular weight excluding hydrogens is 620 g/mol. The molecule has 48 heavy (non-hydrogen) atoms. The predicted octanol–water partition coefficient (Wildman–Crippen LogP) is 0.738. The summed E-state index contributed by atoms with van der Waals surface area (Å²) in [5.41, 5.74) is 5.74. The molecule has 1 unspecified atom stereocenters. The molecule has 1 aliphatic heterocycles. The molecule has 2 aliphatic rings. The van der Waals surface area contributed by atoms with Gasteiger partial charge in [-0.15, -0.1) is 0 Å². The Balaban J connectivity index is 2.59. The molecule has 2 fully saturated rings. The van der Waals surface area contributed by atoms with Gasteiger partial charge in [0.2, 0.25) is 29.5 Å². The third-order valence-corrected chi connectivity index (χ3v) is 9.26. The smallest absolute Gasteiger partial charge is 0.325 e. The third kappa shape index (κ3) is 12.3. The topological polar surface area (TPSA) is 209 Å². The largest absolute Gasteiger partial charge is 0.460 e. The molecule has 2 rings (SSSR count). The number of aliphatic hydroxyl groups is 1. The van der Waals surface area contributed by atoms with E-state index in [4.69, 9.17) is 10.5 Å². The second-order valence-corrected chi connectivity index (χ2v) is 15.1. The van der Waals surface area contributed by atoms with E-state index in [1.165, 1.54) is 18.9 Å². The van der Waals surface area contributed by atoms with Gasteiger partial charge in [0.15, 0.2) is 0 Å². The molecule has 0 aromatic carbocycles. The Hall–Kier alpha value is -3.26. The number of likely N-dealkylation sites (N-methyl/N-ethyl adjacent to an activating group) is 1. The van der Waals surface area contributed by atoms with Gasteiger partial charge in [-0.1, -0.05) is 60.8 Å². The maximum atomic E-state index is 14.1. The van der Waals surface area contributed by atoms with Gasteiger partial charge in [-0.3, -0.25) is 28.8 Å². The summed E-state index contributed by atoms with van der Waals surface area (Å²) >= 11 is 0. The second-order valence-electron chi connectivity index (χ2n) is 15.1. The summed E-state index contributed by atoms with van der Waals surface area (Å²) in [4.78, 5) is 82.6. The summed E-state index contributed by atoms with van der Waals surface area (Å²) in [5, 5.41) is 20.7. The Morgan fingerprint density at radius 3 is 2.08 bits per heavy atom. The van der Waals surface area contributed by atoms with Gasteiger partial charge in [-0.05, 0) is 56.3 Å². The fraction of sp³-hybridized carbons (Fsp3) is 0.824. The van der Waals surface area contributed by atoms with Crippen LogP contribution in [0.5, 0.6) is 0 Å². The second kappa shape index (κ2) is 18.5. The minimum absolute atomic E-state index is 0.0141. The summed E-state index contributed by atoms with van der Waals surface area (Å²) in [6, 6.07) is -4.70. The summed E-state index contributed by atoms with van der Waals surface area (Å²) in [5.74, 6) is -5.04. The van der Waals surface area contributed by atoms with Crippen molar-refractivity contribution < 1.29 is 38.6 Å². The number of ether oxygens (including phenoxy) is 1. The lowest BCUT2D eigenvalue weighted by Gasteiger charge is -2.36. The molecular formula is C34H60N6O8. The van der Waals surface area contributed by atoms with Crippen LogP contribution in [0.2, 0.25) is 0 Å². The van der Waals surface area contributed by atoms with Gasteiger partial charge < -0.3 is 41.7 Å². The van der Waals surface area contributed by atoms with E-state index >= 15 is 0 Å². The standard InChI is InChI=1S/C34H60N6O8/c1-19(2)16-24-30(44)39-28(22-12-10-9-11-13-22)32(46)37-23(17-35)29(43)38-27(21(4)41)31(45)36-18-26(42)48-25(14-15-34(5,6)7)20(3)33(47)40(24)8/h19-25,27-28,41H,9-18,35H2,1-8H3,(H,36,45)(H,37,46)(H,38,43)(H,39,44)/t20-,21+,23+,24?,25-,27+,28+/m1/s1. The highest BCUT2D eigenvalue weighted by atomic mass is 16.5. The highest BCUT2D eigenvalue weighted by molar-refractivity contribution is 5.96. The van der Waals surface area contributed by atoms with Crippen molar-refractivity contribution in [2.45, 2.75) is 136 Å². The van der Waals surface area contributed by atoms with Gasteiger partial charge in [0, 0.05) is 13.6 Å². The molecule has 1 saturated heterocycles. The molecule has 1 heterocycles. The molecule has 5 amide bonds. The van der Waals surface area contributed by atoms with Crippen LogP contribution in [-0.4, -0.2) is 102 Å². The summed E-state index contributed by atoms with van der Waals surface area (Å²) in [6.45, 7) is 12.0. The number of rotatable bonds is 7. The molecule has 14 nitrogen and oxygen atoms in total. The van der Waals surface area contributed by atoms with Crippen LogP contribution in [0.3, 0.4) is 0 Å². The van der Waals surface area contributed by atoms with Crippen LogP contribution in [0.4, 0.5) is 0 Å². The average Bonchev–Trinajstić information content (AvgIpc) is 3.02. The van der Waals surface area contributed by atoms with Crippen LogP contribution in [0.1, 0.15) is 99.8 Å². The first kappa shape index (κ1) is 40.9. The van der Waals surface area contributed by atoms with Crippen molar-refractivity contribution >= 4 is 35.5 Å². The first-order valence-electron chi connectivity index (χ1n) is 17.4. The molecule has 7 N–H and O–H groups in total. The van der Waals surface area contributed by atoms with Crippen molar-refractivity contribution in [3.63, 3.8) is 0 Å². The molecule has 274 valence electrons. The van der Waals surface area contributed by atoms with Crippen molar-refractivity contribution in [1.82, 2.24) is 26.2 Å². The maximum Gasteiger partial charge on any atom is 0.325 e. The molecule has 1 saturated carbocycles. The number of nitrogens with one attached hydrogen (secondary N) is 4. The maximum absolute atomic E-state index is 14.1. The van der Waals surface area contributed by atoms with E-state index in [-0.39, 0.29) is 23.8 Å². The van der Waals surface area contributed by atoms with Gasteiger partial charge in [0.25, 0.3) is 0 Å². The quantitative estimate of drug-likeness (QED) is 0.209. The van der Waals surface area contributed by atoms with Crippen LogP contribution >= 0.6 is 0 Å². The SMILES string of the molecule is CC(C)CC1C(=O)N[C@@H](C2CCCCC2)C(=O)N[C@@H](CN)C(=O)N[C@@H]([C@H](C)O)C(=O)NCC(=O)O[C@H](CCC(C)(C)C)[C@@H](C)C(=O)N1C. The number of amides is 5. The Kier molecular flexibility index (Phi) is 15.8. The fourth-order valence-corrected chi connectivity index (χ4v) is 6.25. The third-order valence-electron chi connectivity index (χ3n) is 9.26. The minimum atomic E-state index is -1.48. The van der Waals surface area contributed by atoms with Gasteiger partial charge in [0.05, 0.1) is 12.0 Å². The van der Waals surface area contributed by atoms with E-state index in [0.29, 0.717) is 32.1 Å². The van der Waals surface area contributed by atoms with E-state index in [1.807, 2.05) is 34.6 Å². The number of carbonyl (C=O) groups excluding carboxylic acids is 6. The number of nitrogens with two attached hydrogens (primary N) is 1. The number of aliphatic hydroxyl groups excluding tert-OH is 1. The highest BCUT2D eigenvalue weighted by Crippen LogP contribution is 2.29. The van der Waals surface area contributed by atoms with E-state index < -0.39 is 84.3 Å². The van der Waals surface area contributed by atoms with Crippen LogP contribution in [0.25, 0.3) is 0 Å². The summed E-state index contributed by atoms with van der Waals surface area (Å²) in [7, 11) is 1.54. The van der Waals surface area contributed by atoms with Gasteiger partial charge >= 0.3 is 5.97 Å². The van der Waals surface area contributed by atoms with Crippen molar-refractivity contribution in [1.29, 1.82) is 0 Å². The van der Waals surface area contributed by atoms with Crippen molar-refractivity contribution in [2.24, 2.45) is 28.9 Å². The van der Waals surface area contributed by atoms with E-state index in [1.54, 1.807) is 6.92 Å². The van der Waals surface area contributed by atoms with Crippen LogP contribution in [0.15, 0.2) is 0 Å². The zero-order chi connectivity index (χ0) is 36.3. The molecule has 0 radical (unpaired) electrons. The average molecular weight is 681 g/mol. The number of esters is 1. The normalized spacial score (nSPS) is 29.1. The van der Waals surface area contributed by atoms with Gasteiger partial charge in [0.1, 0.15) is 36.8 Å². The summed E-state index contributed by atoms with van der Waals surface area (Å²) < 4.78 is 5.77. The zero-order valence-corrected chi connectivity index (χ0v) is 30.1. The molecule has 0 spiro atoms. The minimum Gasteiger partial charge on any atom is -0.460 e. The summed E-state index contributed by atoms with van der Waals surface area (Å²) in [6.07, 6.45) is 3.15. The van der Waals surface area contributed by atoms with E-state index in [2.05, 4.69) is 21.3 Å². The first-order chi connectivity index (χ1) is 22.4.